The summed E-state index contributed by atoms with van der Waals surface area (Å²) < 4.78 is 0. The molecule has 8 rings (SSSR count). The van der Waals surface area contributed by atoms with Crippen molar-refractivity contribution >= 4 is 23.8 Å². The first-order valence-electron chi connectivity index (χ1n) is 17.7. The first-order valence-corrected chi connectivity index (χ1v) is 17.7. The smallest absolute Gasteiger partial charge is 0.426 e. The molecule has 256 valence electrons. The van der Waals surface area contributed by atoms with Gasteiger partial charge in [-0.25, -0.2) is 0 Å². The zero-order valence-electron chi connectivity index (χ0n) is 28.0. The predicted molar refractivity (Wildman–Crippen MR) is 184 cm³/mol. The molecule has 0 unspecified atom stereocenters. The van der Waals surface area contributed by atoms with Gasteiger partial charge in [0.2, 0.25) is 0 Å². The van der Waals surface area contributed by atoms with Crippen molar-refractivity contribution in [2.24, 2.45) is 20.0 Å². The molecule has 0 N–H and O–H groups in total. The van der Waals surface area contributed by atoms with Gasteiger partial charge in [0, 0.05) is 23.8 Å². The van der Waals surface area contributed by atoms with Crippen LogP contribution in [0.3, 0.4) is 0 Å². The van der Waals surface area contributed by atoms with Gasteiger partial charge in [-0.15, -0.1) is 0 Å². The van der Waals surface area contributed by atoms with Crippen molar-refractivity contribution in [1.82, 2.24) is 19.6 Å². The van der Waals surface area contributed by atoms with Gasteiger partial charge in [0.15, 0.2) is 0 Å². The van der Waals surface area contributed by atoms with E-state index in [2.05, 4.69) is 60.8 Å². The SMILES string of the molecule is C1CCN2CCCN=C2[N-]C1.C1CCN2CCCN=C2[N-]C1.C1CCN2CCCN=C2[N-]C1.C1CCN2CCCN=C2[N-]C1.[Mo+2].[Mo+2]. The zero-order chi connectivity index (χ0) is 30.1. The molecule has 8 aliphatic heterocycles. The normalized spacial score (nSPS) is 23.7. The first kappa shape index (κ1) is 38.9. The number of aliphatic imine (C=N–C) groups is 4. The Labute approximate surface area is 307 Å². The van der Waals surface area contributed by atoms with Gasteiger partial charge in [-0.05, 0) is 182 Å². The van der Waals surface area contributed by atoms with E-state index in [9.17, 15) is 0 Å². The van der Waals surface area contributed by atoms with Crippen molar-refractivity contribution < 1.29 is 42.1 Å². The van der Waals surface area contributed by atoms with E-state index in [1.807, 2.05) is 0 Å². The number of guanidine groups is 4. The monoisotopic (exact) mass is 804 g/mol. The molecule has 0 aliphatic carbocycles. The van der Waals surface area contributed by atoms with E-state index < -0.39 is 0 Å². The van der Waals surface area contributed by atoms with Crippen molar-refractivity contribution in [3.8, 4) is 0 Å². The molecule has 8 aliphatic rings. The number of hydrogen-bond donors (Lipinski definition) is 0. The molecule has 0 aromatic rings. The standard InChI is InChI=1S/4C8H14N3.2Mo/c4*1-2-6-11-7-3-5-10-8(11)9-4-1;;/h4*1-7H2;;/q4*-1;2*+2. The molecule has 4 fully saturated rings. The Morgan fingerprint density at radius 1 is 0.304 bits per heavy atom. The summed E-state index contributed by atoms with van der Waals surface area (Å²) in [5.74, 6) is 4.09. The van der Waals surface area contributed by atoms with E-state index in [1.54, 1.807) is 0 Å². The van der Waals surface area contributed by atoms with E-state index in [0.29, 0.717) is 0 Å². The molecule has 0 bridgehead atoms. The van der Waals surface area contributed by atoms with E-state index in [-0.39, 0.29) is 42.1 Å². The largest absolute Gasteiger partial charge is 2.00 e. The van der Waals surface area contributed by atoms with Gasteiger partial charge < -0.3 is 60.8 Å². The Kier molecular flexibility index (Phi) is 19.4. The van der Waals surface area contributed by atoms with Gasteiger partial charge in [0.25, 0.3) is 0 Å². The van der Waals surface area contributed by atoms with E-state index >= 15 is 0 Å². The Balaban J connectivity index is 0.000000165. The number of hydrogen-bond acceptors (Lipinski definition) is 8. The van der Waals surface area contributed by atoms with Crippen LogP contribution in [-0.2, 0) is 42.1 Å². The fraction of sp³-hybridized carbons (Fsp3) is 0.875. The predicted octanol–water partition coefficient (Wildman–Crippen LogP) is 4.86. The fourth-order valence-corrected chi connectivity index (χ4v) is 6.38. The van der Waals surface area contributed by atoms with Crippen LogP contribution in [0.2, 0.25) is 0 Å². The van der Waals surface area contributed by atoms with Crippen LogP contribution < -0.4 is 0 Å². The molecule has 0 radical (unpaired) electrons. The minimum Gasteiger partial charge on any atom is -0.426 e. The third kappa shape index (κ3) is 13.2. The van der Waals surface area contributed by atoms with Crippen LogP contribution in [0.4, 0.5) is 0 Å². The maximum Gasteiger partial charge on any atom is 2.00 e. The minimum absolute atomic E-state index is 0. The third-order valence-corrected chi connectivity index (χ3v) is 8.85. The van der Waals surface area contributed by atoms with Crippen LogP contribution in [0.25, 0.3) is 21.3 Å². The molecule has 12 nitrogen and oxygen atoms in total. The van der Waals surface area contributed by atoms with Gasteiger partial charge in [-0.2, -0.15) is 0 Å². The van der Waals surface area contributed by atoms with Gasteiger partial charge in [-0.3, -0.25) is 0 Å². The summed E-state index contributed by atoms with van der Waals surface area (Å²) in [4.78, 5) is 26.8. The summed E-state index contributed by atoms with van der Waals surface area (Å²) in [6.45, 7) is 17.2. The van der Waals surface area contributed by atoms with Crippen molar-refractivity contribution in [2.45, 2.75) is 77.0 Å². The Hall–Kier alpha value is -1.54. The number of nitrogens with zero attached hydrogens (tertiary/aromatic N) is 12. The Morgan fingerprint density at radius 2 is 0.522 bits per heavy atom. The van der Waals surface area contributed by atoms with E-state index in [0.717, 1.165) is 76.2 Å². The summed E-state index contributed by atoms with van der Waals surface area (Å²) in [5.41, 5.74) is 0. The fourth-order valence-electron chi connectivity index (χ4n) is 6.38. The molecule has 0 aromatic heterocycles. The van der Waals surface area contributed by atoms with Crippen LogP contribution in [-0.4, -0.2) is 148 Å². The van der Waals surface area contributed by atoms with Crippen molar-refractivity contribution in [2.75, 3.05) is 105 Å². The molecule has 0 aromatic carbocycles. The van der Waals surface area contributed by atoms with Crippen molar-refractivity contribution in [1.29, 1.82) is 0 Å². The van der Waals surface area contributed by atoms with Gasteiger partial charge in [-0.1, -0.05) is 0 Å². The second-order valence-electron chi connectivity index (χ2n) is 12.4. The van der Waals surface area contributed by atoms with Crippen LogP contribution in [0.1, 0.15) is 77.0 Å². The van der Waals surface area contributed by atoms with Gasteiger partial charge in [0.05, 0.1) is 0 Å². The molecule has 14 heteroatoms. The molecule has 46 heavy (non-hydrogen) atoms. The van der Waals surface area contributed by atoms with E-state index in [1.165, 1.54) is 129 Å². The molecule has 8 heterocycles. The average Bonchev–Trinajstić information content (AvgIpc) is 3.65. The quantitative estimate of drug-likeness (QED) is 0.326. The van der Waals surface area contributed by atoms with E-state index in [4.69, 9.17) is 0 Å². The van der Waals surface area contributed by atoms with Crippen LogP contribution >= 0.6 is 0 Å². The summed E-state index contributed by atoms with van der Waals surface area (Å²) >= 11 is 0. The molecule has 0 saturated carbocycles. The molecule has 0 spiro atoms. The van der Waals surface area contributed by atoms with Gasteiger partial charge in [0.1, 0.15) is 0 Å². The molecule has 4 saturated heterocycles. The Bertz CT molecular complexity index is 823. The second kappa shape index (κ2) is 22.9. The van der Waals surface area contributed by atoms with Crippen LogP contribution in [0.5, 0.6) is 0 Å². The molecule has 0 amide bonds. The minimum atomic E-state index is 0. The molecule has 0 atom stereocenters. The second-order valence-corrected chi connectivity index (χ2v) is 12.4. The van der Waals surface area contributed by atoms with Gasteiger partial charge >= 0.3 is 42.1 Å². The van der Waals surface area contributed by atoms with Crippen LogP contribution in [0.15, 0.2) is 20.0 Å². The summed E-state index contributed by atoms with van der Waals surface area (Å²) in [6, 6.07) is 0. The Morgan fingerprint density at radius 3 is 0.761 bits per heavy atom. The number of rotatable bonds is 0. The third-order valence-electron chi connectivity index (χ3n) is 8.85. The average molecular weight is 801 g/mol. The maximum absolute atomic E-state index is 4.42. The first-order chi connectivity index (χ1) is 21.9. The molecular weight excluding hydrogens is 744 g/mol. The van der Waals surface area contributed by atoms with Crippen LogP contribution in [0, 0.1) is 0 Å². The maximum atomic E-state index is 4.42. The van der Waals surface area contributed by atoms with Crippen molar-refractivity contribution in [3.05, 3.63) is 21.3 Å². The number of fused-ring (bicyclic) bond motifs is 4. The summed E-state index contributed by atoms with van der Waals surface area (Å²) in [6.07, 6.45) is 14.9. The summed E-state index contributed by atoms with van der Waals surface area (Å²) in [5, 5.41) is 17.7. The zero-order valence-corrected chi connectivity index (χ0v) is 32.0. The molecular formula is C32H56Mo2N12. The van der Waals surface area contributed by atoms with Crippen molar-refractivity contribution in [3.63, 3.8) is 0 Å². The topological polar surface area (TPSA) is 119 Å². The summed E-state index contributed by atoms with van der Waals surface area (Å²) in [7, 11) is 0.